The van der Waals surface area contributed by atoms with Crippen molar-refractivity contribution in [3.63, 3.8) is 0 Å². The predicted molar refractivity (Wildman–Crippen MR) is 47.5 cm³/mol. The first-order valence-electron chi connectivity index (χ1n) is 4.09. The second kappa shape index (κ2) is 4.11. The second-order valence-corrected chi connectivity index (χ2v) is 3.20. The van der Waals surface area contributed by atoms with Crippen LogP contribution in [0, 0.1) is 5.92 Å². The fraction of sp³-hybridized carbons (Fsp3) is 0.625. The minimum Gasteiger partial charge on any atom is -0.432 e. The molecular formula is C8H15N3O. The molecule has 0 aliphatic heterocycles. The van der Waals surface area contributed by atoms with Crippen molar-refractivity contribution in [2.75, 3.05) is 12.3 Å². The molecule has 0 aromatic carbocycles. The van der Waals surface area contributed by atoms with E-state index in [1.54, 1.807) is 6.26 Å². The summed E-state index contributed by atoms with van der Waals surface area (Å²) in [6.07, 6.45) is 1.57. The molecule has 1 rings (SSSR count). The van der Waals surface area contributed by atoms with Gasteiger partial charge in [0.1, 0.15) is 6.26 Å². The van der Waals surface area contributed by atoms with Crippen molar-refractivity contribution in [1.29, 1.82) is 0 Å². The standard InChI is InChI=1S/C8H15N3O/c1-6(2)3-10-4-7-5-12-8(9)11-7/h5-6,10H,3-4H2,1-2H3,(H2,9,11). The zero-order valence-electron chi connectivity index (χ0n) is 7.50. The van der Waals surface area contributed by atoms with Crippen molar-refractivity contribution in [2.24, 2.45) is 5.92 Å². The summed E-state index contributed by atoms with van der Waals surface area (Å²) < 4.78 is 4.85. The first kappa shape index (κ1) is 9.06. The first-order chi connectivity index (χ1) is 5.68. The number of hydrogen-bond donors (Lipinski definition) is 2. The lowest BCUT2D eigenvalue weighted by atomic mass is 10.2. The molecule has 0 unspecified atom stereocenters. The molecule has 68 valence electrons. The van der Waals surface area contributed by atoms with E-state index >= 15 is 0 Å². The molecule has 1 aromatic heterocycles. The van der Waals surface area contributed by atoms with Crippen molar-refractivity contribution >= 4 is 6.01 Å². The largest absolute Gasteiger partial charge is 0.432 e. The number of nitrogen functional groups attached to an aromatic ring is 1. The molecular weight excluding hydrogens is 154 g/mol. The monoisotopic (exact) mass is 169 g/mol. The molecule has 3 N–H and O–H groups in total. The van der Waals surface area contributed by atoms with Crippen LogP contribution in [0.5, 0.6) is 0 Å². The van der Waals surface area contributed by atoms with E-state index in [2.05, 4.69) is 24.1 Å². The zero-order chi connectivity index (χ0) is 8.97. The van der Waals surface area contributed by atoms with Crippen molar-refractivity contribution in [3.05, 3.63) is 12.0 Å². The number of anilines is 1. The number of rotatable bonds is 4. The molecule has 0 aliphatic carbocycles. The van der Waals surface area contributed by atoms with Gasteiger partial charge in [-0.25, -0.2) is 0 Å². The minimum absolute atomic E-state index is 0.233. The average Bonchev–Trinajstić information content (AvgIpc) is 2.35. The minimum atomic E-state index is 0.233. The van der Waals surface area contributed by atoms with E-state index in [4.69, 9.17) is 10.2 Å². The van der Waals surface area contributed by atoms with Crippen molar-refractivity contribution in [3.8, 4) is 0 Å². The van der Waals surface area contributed by atoms with E-state index in [1.165, 1.54) is 0 Å². The smallest absolute Gasteiger partial charge is 0.292 e. The third-order valence-electron chi connectivity index (χ3n) is 1.43. The summed E-state index contributed by atoms with van der Waals surface area (Å²) in [5.74, 6) is 0.647. The molecule has 0 fully saturated rings. The van der Waals surface area contributed by atoms with Crippen LogP contribution in [0.2, 0.25) is 0 Å². The van der Waals surface area contributed by atoms with Gasteiger partial charge in [-0.3, -0.25) is 0 Å². The Morgan fingerprint density at radius 2 is 2.42 bits per heavy atom. The van der Waals surface area contributed by atoms with E-state index in [-0.39, 0.29) is 6.01 Å². The maximum atomic E-state index is 5.30. The quantitative estimate of drug-likeness (QED) is 0.705. The maximum Gasteiger partial charge on any atom is 0.292 e. The fourth-order valence-electron chi connectivity index (χ4n) is 0.893. The van der Waals surface area contributed by atoms with Gasteiger partial charge in [0.05, 0.1) is 5.69 Å². The molecule has 1 heterocycles. The Kier molecular flexibility index (Phi) is 3.10. The number of hydrogen-bond acceptors (Lipinski definition) is 4. The van der Waals surface area contributed by atoms with Gasteiger partial charge in [0.25, 0.3) is 6.01 Å². The number of nitrogens with two attached hydrogens (primary N) is 1. The van der Waals surface area contributed by atoms with Gasteiger partial charge in [0.15, 0.2) is 0 Å². The number of aromatic nitrogens is 1. The second-order valence-electron chi connectivity index (χ2n) is 3.20. The van der Waals surface area contributed by atoms with Crippen LogP contribution in [0.4, 0.5) is 6.01 Å². The maximum absolute atomic E-state index is 5.30. The van der Waals surface area contributed by atoms with Crippen LogP contribution < -0.4 is 11.1 Å². The Morgan fingerprint density at radius 3 is 2.92 bits per heavy atom. The van der Waals surface area contributed by atoms with Crippen LogP contribution in [-0.4, -0.2) is 11.5 Å². The lowest BCUT2D eigenvalue weighted by molar-refractivity contribution is 0.543. The van der Waals surface area contributed by atoms with E-state index < -0.39 is 0 Å². The summed E-state index contributed by atoms with van der Waals surface area (Å²) in [6.45, 7) is 6.01. The van der Waals surface area contributed by atoms with Crippen molar-refractivity contribution in [1.82, 2.24) is 10.3 Å². The Morgan fingerprint density at radius 1 is 1.67 bits per heavy atom. The predicted octanol–water partition coefficient (Wildman–Crippen LogP) is 1.00. The highest BCUT2D eigenvalue weighted by Gasteiger charge is 1.99. The molecule has 0 aliphatic rings. The van der Waals surface area contributed by atoms with Gasteiger partial charge in [-0.2, -0.15) is 4.98 Å². The van der Waals surface area contributed by atoms with Crippen molar-refractivity contribution < 1.29 is 4.42 Å². The van der Waals surface area contributed by atoms with Gasteiger partial charge in [0.2, 0.25) is 0 Å². The third-order valence-corrected chi connectivity index (χ3v) is 1.43. The van der Waals surface area contributed by atoms with Crippen molar-refractivity contribution in [2.45, 2.75) is 20.4 Å². The van der Waals surface area contributed by atoms with E-state index in [0.717, 1.165) is 18.8 Å². The van der Waals surface area contributed by atoms with Crippen LogP contribution in [0.3, 0.4) is 0 Å². The first-order valence-corrected chi connectivity index (χ1v) is 4.09. The molecule has 4 heteroatoms. The van der Waals surface area contributed by atoms with Crippen LogP contribution in [0.15, 0.2) is 10.7 Å². The highest BCUT2D eigenvalue weighted by molar-refractivity contribution is 5.12. The molecule has 0 saturated heterocycles. The van der Waals surface area contributed by atoms with Crippen LogP contribution in [0.25, 0.3) is 0 Å². The van der Waals surface area contributed by atoms with Gasteiger partial charge in [-0.05, 0) is 12.5 Å². The summed E-state index contributed by atoms with van der Waals surface area (Å²) in [5.41, 5.74) is 6.16. The zero-order valence-corrected chi connectivity index (χ0v) is 7.50. The van der Waals surface area contributed by atoms with Crippen LogP contribution in [-0.2, 0) is 6.54 Å². The average molecular weight is 169 g/mol. The van der Waals surface area contributed by atoms with Gasteiger partial charge in [-0.15, -0.1) is 0 Å². The van der Waals surface area contributed by atoms with Gasteiger partial charge < -0.3 is 15.5 Å². The van der Waals surface area contributed by atoms with Crippen LogP contribution >= 0.6 is 0 Å². The normalized spacial score (nSPS) is 10.9. The molecule has 12 heavy (non-hydrogen) atoms. The highest BCUT2D eigenvalue weighted by Crippen LogP contribution is 2.01. The number of oxazole rings is 1. The van der Waals surface area contributed by atoms with Gasteiger partial charge in [-0.1, -0.05) is 13.8 Å². The lowest BCUT2D eigenvalue weighted by Crippen LogP contribution is -2.19. The number of nitrogens with zero attached hydrogens (tertiary/aromatic N) is 1. The molecule has 0 radical (unpaired) electrons. The summed E-state index contributed by atoms with van der Waals surface area (Å²) in [7, 11) is 0. The molecule has 0 amide bonds. The van der Waals surface area contributed by atoms with Gasteiger partial charge in [0, 0.05) is 6.54 Å². The molecule has 1 aromatic rings. The molecule has 0 atom stereocenters. The Bertz CT molecular complexity index is 232. The third kappa shape index (κ3) is 2.92. The molecule has 4 nitrogen and oxygen atoms in total. The topological polar surface area (TPSA) is 64.1 Å². The lowest BCUT2D eigenvalue weighted by Gasteiger charge is -2.04. The van der Waals surface area contributed by atoms with Gasteiger partial charge >= 0.3 is 0 Å². The van der Waals surface area contributed by atoms with E-state index in [1.807, 2.05) is 0 Å². The Labute approximate surface area is 72.2 Å². The van der Waals surface area contributed by atoms with E-state index in [9.17, 15) is 0 Å². The summed E-state index contributed by atoms with van der Waals surface area (Å²) in [5, 5.41) is 3.24. The summed E-state index contributed by atoms with van der Waals surface area (Å²) in [4.78, 5) is 3.96. The highest BCUT2D eigenvalue weighted by atomic mass is 16.4. The Hall–Kier alpha value is -1.03. The van der Waals surface area contributed by atoms with E-state index in [0.29, 0.717) is 5.92 Å². The number of nitrogens with one attached hydrogen (secondary N) is 1. The molecule has 0 spiro atoms. The molecule has 0 saturated carbocycles. The van der Waals surface area contributed by atoms with Crippen LogP contribution in [0.1, 0.15) is 19.5 Å². The Balaban J connectivity index is 2.24. The fourth-order valence-corrected chi connectivity index (χ4v) is 0.893. The molecule has 0 bridgehead atoms. The summed E-state index contributed by atoms with van der Waals surface area (Å²) >= 11 is 0. The SMILES string of the molecule is CC(C)CNCc1coc(N)n1. The summed E-state index contributed by atoms with van der Waals surface area (Å²) in [6, 6.07) is 0.233.